The number of rotatable bonds is 2. The van der Waals surface area contributed by atoms with E-state index in [2.05, 4.69) is 0 Å². The normalized spacial score (nSPS) is 10.7. The lowest BCUT2D eigenvalue weighted by Crippen LogP contribution is -2.02. The largest absolute Gasteiger partial charge is 0.326 e. The highest BCUT2D eigenvalue weighted by Crippen LogP contribution is 2.28. The smallest absolute Gasteiger partial charge is 0.133 e. The van der Waals surface area contributed by atoms with Crippen molar-refractivity contribution in [2.45, 2.75) is 27.3 Å². The second kappa shape index (κ2) is 4.91. The van der Waals surface area contributed by atoms with Gasteiger partial charge in [0.1, 0.15) is 5.82 Å². The first-order valence-electron chi connectivity index (χ1n) is 6.10. The molecular weight excluding hydrogens is 225 g/mol. The van der Waals surface area contributed by atoms with E-state index in [1.807, 2.05) is 38.1 Å². The molecule has 0 heterocycles. The van der Waals surface area contributed by atoms with E-state index < -0.39 is 0 Å². The van der Waals surface area contributed by atoms with Gasteiger partial charge in [0, 0.05) is 12.1 Å². The summed E-state index contributed by atoms with van der Waals surface area (Å²) in [6.45, 7) is 6.35. The van der Waals surface area contributed by atoms with E-state index in [-0.39, 0.29) is 5.82 Å². The zero-order chi connectivity index (χ0) is 13.3. The fourth-order valence-corrected chi connectivity index (χ4v) is 2.34. The molecule has 1 nitrogen and oxygen atoms in total. The van der Waals surface area contributed by atoms with Crippen LogP contribution in [0.3, 0.4) is 0 Å². The molecule has 0 aliphatic rings. The summed E-state index contributed by atoms with van der Waals surface area (Å²) in [5.74, 6) is -0.142. The minimum absolute atomic E-state index is 0.142. The Balaban J connectivity index is 2.62. The van der Waals surface area contributed by atoms with Crippen molar-refractivity contribution in [2.75, 3.05) is 0 Å². The van der Waals surface area contributed by atoms with E-state index in [0.717, 1.165) is 22.3 Å². The number of benzene rings is 2. The topological polar surface area (TPSA) is 26.0 Å². The zero-order valence-electron chi connectivity index (χ0n) is 11.0. The molecule has 2 rings (SSSR count). The third kappa shape index (κ3) is 2.16. The Morgan fingerprint density at radius 1 is 1.00 bits per heavy atom. The van der Waals surface area contributed by atoms with Crippen LogP contribution in [0.2, 0.25) is 0 Å². The van der Waals surface area contributed by atoms with Crippen molar-refractivity contribution in [3.8, 4) is 11.1 Å². The third-order valence-electron chi connectivity index (χ3n) is 3.40. The van der Waals surface area contributed by atoms with E-state index in [0.29, 0.717) is 17.7 Å². The lowest BCUT2D eigenvalue weighted by Gasteiger charge is -2.12. The lowest BCUT2D eigenvalue weighted by atomic mass is 9.94. The molecule has 0 radical (unpaired) electrons. The van der Waals surface area contributed by atoms with Crippen LogP contribution >= 0.6 is 0 Å². The summed E-state index contributed by atoms with van der Waals surface area (Å²) >= 11 is 0. The molecule has 2 aromatic rings. The van der Waals surface area contributed by atoms with Crippen LogP contribution in [0, 0.1) is 26.6 Å². The van der Waals surface area contributed by atoms with Crippen LogP contribution in [0.25, 0.3) is 11.1 Å². The average molecular weight is 243 g/mol. The first kappa shape index (κ1) is 12.8. The van der Waals surface area contributed by atoms with Gasteiger partial charge in [-0.05, 0) is 48.6 Å². The van der Waals surface area contributed by atoms with Crippen molar-refractivity contribution in [1.82, 2.24) is 0 Å². The monoisotopic (exact) mass is 243 g/mol. The Kier molecular flexibility index (Phi) is 3.48. The number of nitrogens with two attached hydrogens (primary N) is 1. The maximum Gasteiger partial charge on any atom is 0.133 e. The number of hydrogen-bond donors (Lipinski definition) is 1. The molecule has 0 atom stereocenters. The Morgan fingerprint density at radius 2 is 1.61 bits per heavy atom. The quantitative estimate of drug-likeness (QED) is 0.851. The standard InChI is InChI=1S/C16H18FN/c1-10-5-4-6-14(16(10)17)13-7-11(2)15(9-18)12(3)8-13/h4-8H,9,18H2,1-3H3. The van der Waals surface area contributed by atoms with Crippen LogP contribution in [0.4, 0.5) is 4.39 Å². The maximum absolute atomic E-state index is 14.1. The van der Waals surface area contributed by atoms with Crippen LogP contribution in [-0.4, -0.2) is 0 Å². The summed E-state index contributed by atoms with van der Waals surface area (Å²) in [6, 6.07) is 9.50. The Labute approximate surface area is 107 Å². The summed E-state index contributed by atoms with van der Waals surface area (Å²) < 4.78 is 14.1. The Hall–Kier alpha value is -1.67. The fraction of sp³-hybridized carbons (Fsp3) is 0.250. The maximum atomic E-state index is 14.1. The van der Waals surface area contributed by atoms with Crippen LogP contribution in [-0.2, 0) is 6.54 Å². The number of halogens is 1. The number of aryl methyl sites for hydroxylation is 3. The molecule has 0 fully saturated rings. The summed E-state index contributed by atoms with van der Waals surface area (Å²) in [4.78, 5) is 0. The molecule has 2 N–H and O–H groups in total. The van der Waals surface area contributed by atoms with Gasteiger partial charge in [-0.25, -0.2) is 4.39 Å². The van der Waals surface area contributed by atoms with Gasteiger partial charge in [0.25, 0.3) is 0 Å². The molecule has 0 aliphatic carbocycles. The molecule has 0 saturated carbocycles. The molecule has 0 unspecified atom stereocenters. The molecular formula is C16H18FN. The molecule has 0 aliphatic heterocycles. The second-order valence-electron chi connectivity index (χ2n) is 4.73. The highest BCUT2D eigenvalue weighted by molar-refractivity contribution is 5.67. The van der Waals surface area contributed by atoms with Gasteiger partial charge in [-0.3, -0.25) is 0 Å². The van der Waals surface area contributed by atoms with Crippen molar-refractivity contribution in [3.63, 3.8) is 0 Å². The summed E-state index contributed by atoms with van der Waals surface area (Å²) in [5, 5.41) is 0. The van der Waals surface area contributed by atoms with Crippen LogP contribution < -0.4 is 5.73 Å². The van der Waals surface area contributed by atoms with Gasteiger partial charge < -0.3 is 5.73 Å². The van der Waals surface area contributed by atoms with E-state index in [1.165, 1.54) is 0 Å². The average Bonchev–Trinajstić information content (AvgIpc) is 2.32. The Morgan fingerprint density at radius 3 is 2.17 bits per heavy atom. The molecule has 0 saturated heterocycles. The van der Waals surface area contributed by atoms with Crippen molar-refractivity contribution in [2.24, 2.45) is 5.73 Å². The van der Waals surface area contributed by atoms with E-state index in [1.54, 1.807) is 13.0 Å². The first-order chi connectivity index (χ1) is 8.54. The summed E-state index contributed by atoms with van der Waals surface area (Å²) in [6.07, 6.45) is 0. The van der Waals surface area contributed by atoms with Crippen LogP contribution in [0.15, 0.2) is 30.3 Å². The fourth-order valence-electron chi connectivity index (χ4n) is 2.34. The third-order valence-corrected chi connectivity index (χ3v) is 3.40. The van der Waals surface area contributed by atoms with Crippen molar-refractivity contribution in [3.05, 3.63) is 58.4 Å². The van der Waals surface area contributed by atoms with Gasteiger partial charge >= 0.3 is 0 Å². The summed E-state index contributed by atoms with van der Waals surface area (Å²) in [7, 11) is 0. The first-order valence-corrected chi connectivity index (χ1v) is 6.10. The van der Waals surface area contributed by atoms with Crippen LogP contribution in [0.1, 0.15) is 22.3 Å². The number of hydrogen-bond acceptors (Lipinski definition) is 1. The lowest BCUT2D eigenvalue weighted by molar-refractivity contribution is 0.622. The van der Waals surface area contributed by atoms with Crippen molar-refractivity contribution >= 4 is 0 Å². The second-order valence-corrected chi connectivity index (χ2v) is 4.73. The molecule has 0 aromatic heterocycles. The molecule has 2 heteroatoms. The molecule has 94 valence electrons. The van der Waals surface area contributed by atoms with E-state index in [4.69, 9.17) is 5.73 Å². The van der Waals surface area contributed by atoms with Gasteiger partial charge in [-0.15, -0.1) is 0 Å². The minimum atomic E-state index is -0.142. The predicted molar refractivity (Wildman–Crippen MR) is 73.9 cm³/mol. The molecule has 0 bridgehead atoms. The molecule has 0 amide bonds. The summed E-state index contributed by atoms with van der Waals surface area (Å²) in [5.41, 5.74) is 11.4. The Bertz CT molecular complexity index is 565. The highest BCUT2D eigenvalue weighted by Gasteiger charge is 2.10. The molecule has 2 aromatic carbocycles. The van der Waals surface area contributed by atoms with Gasteiger partial charge in [-0.1, -0.05) is 30.3 Å². The van der Waals surface area contributed by atoms with Gasteiger partial charge in [0.05, 0.1) is 0 Å². The van der Waals surface area contributed by atoms with Crippen molar-refractivity contribution < 1.29 is 4.39 Å². The predicted octanol–water partition coefficient (Wildman–Crippen LogP) is 3.88. The highest BCUT2D eigenvalue weighted by atomic mass is 19.1. The van der Waals surface area contributed by atoms with Crippen molar-refractivity contribution in [1.29, 1.82) is 0 Å². The SMILES string of the molecule is Cc1cccc(-c2cc(C)c(CN)c(C)c2)c1F. The van der Waals surface area contributed by atoms with Gasteiger partial charge in [-0.2, -0.15) is 0 Å². The van der Waals surface area contributed by atoms with Crippen LogP contribution in [0.5, 0.6) is 0 Å². The molecule has 18 heavy (non-hydrogen) atoms. The zero-order valence-corrected chi connectivity index (χ0v) is 11.0. The molecule has 0 spiro atoms. The minimum Gasteiger partial charge on any atom is -0.326 e. The van der Waals surface area contributed by atoms with Gasteiger partial charge in [0.15, 0.2) is 0 Å². The van der Waals surface area contributed by atoms with E-state index >= 15 is 0 Å². The van der Waals surface area contributed by atoms with Gasteiger partial charge in [0.2, 0.25) is 0 Å². The van der Waals surface area contributed by atoms with E-state index in [9.17, 15) is 4.39 Å².